The van der Waals surface area contributed by atoms with E-state index in [-0.39, 0.29) is 24.0 Å². The quantitative estimate of drug-likeness (QED) is 0.479. The van der Waals surface area contributed by atoms with Crippen molar-refractivity contribution in [1.82, 2.24) is 0 Å². The number of carbonyl (C=O) groups excluding carboxylic acids is 4. The van der Waals surface area contributed by atoms with Crippen molar-refractivity contribution in [3.05, 3.63) is 22.7 Å². The molecule has 2 N–H and O–H groups in total. The van der Waals surface area contributed by atoms with Crippen LogP contribution < -0.4 is 0 Å². The fraction of sp³-hybridized carbons (Fsp3) is 0.636. The Morgan fingerprint density at radius 3 is 1.28 bits per heavy atom. The molecule has 176 valence electrons. The Labute approximate surface area is 185 Å². The summed E-state index contributed by atoms with van der Waals surface area (Å²) in [6, 6.07) is 0. The summed E-state index contributed by atoms with van der Waals surface area (Å²) in [7, 11) is 4.43. The second-order valence-electron chi connectivity index (χ2n) is 8.27. The van der Waals surface area contributed by atoms with Crippen molar-refractivity contribution in [2.75, 3.05) is 28.4 Å². The molecule has 0 saturated heterocycles. The normalized spacial score (nSPS) is 31.8. The standard InChI is InChI=1S/C22H28O10/c1-29-17(25)11-15(23)12(18(26)30-2)22-10-8-6-5-7-9-21(11,22)13(19(27)31-3)16(24)14(22)20(28)32-4/h11,14,23-24H,5-10H2,1-4H3/t11-,14+,21-,22+/m0/s1. The van der Waals surface area contributed by atoms with Gasteiger partial charge in [-0.15, -0.1) is 0 Å². The van der Waals surface area contributed by atoms with E-state index in [9.17, 15) is 29.4 Å². The van der Waals surface area contributed by atoms with Crippen LogP contribution in [-0.2, 0) is 38.1 Å². The highest BCUT2D eigenvalue weighted by atomic mass is 16.5. The number of esters is 4. The molecule has 3 rings (SSSR count). The van der Waals surface area contributed by atoms with Gasteiger partial charge in [-0.3, -0.25) is 9.59 Å². The molecule has 1 fully saturated rings. The molecule has 0 aromatic heterocycles. The molecular weight excluding hydrogens is 424 g/mol. The molecule has 3 aliphatic rings. The number of ether oxygens (including phenoxy) is 4. The van der Waals surface area contributed by atoms with Crippen molar-refractivity contribution in [2.45, 2.75) is 38.5 Å². The summed E-state index contributed by atoms with van der Waals surface area (Å²) in [5.74, 6) is -8.06. The lowest BCUT2D eigenvalue weighted by Crippen LogP contribution is -2.51. The molecule has 0 aromatic carbocycles. The lowest BCUT2D eigenvalue weighted by molar-refractivity contribution is -0.160. The number of aliphatic hydroxyl groups excluding tert-OH is 2. The summed E-state index contributed by atoms with van der Waals surface area (Å²) >= 11 is 0. The van der Waals surface area contributed by atoms with Crippen LogP contribution in [0.15, 0.2) is 22.7 Å². The fourth-order valence-corrected chi connectivity index (χ4v) is 6.25. The zero-order chi connectivity index (χ0) is 23.8. The van der Waals surface area contributed by atoms with Crippen LogP contribution in [-0.4, -0.2) is 62.5 Å². The smallest absolute Gasteiger partial charge is 0.337 e. The van der Waals surface area contributed by atoms with Gasteiger partial charge in [-0.25, -0.2) is 9.59 Å². The zero-order valence-electron chi connectivity index (χ0n) is 18.6. The molecule has 4 atom stereocenters. The van der Waals surface area contributed by atoms with Gasteiger partial charge in [-0.05, 0) is 12.8 Å². The Kier molecular flexibility index (Phi) is 6.26. The van der Waals surface area contributed by atoms with E-state index < -0.39 is 58.1 Å². The molecular formula is C22H28O10. The van der Waals surface area contributed by atoms with E-state index in [0.29, 0.717) is 12.8 Å². The number of hydrogen-bond donors (Lipinski definition) is 2. The Bertz CT molecular complexity index is 842. The van der Waals surface area contributed by atoms with Gasteiger partial charge in [0.15, 0.2) is 0 Å². The Hall–Kier alpha value is -3.04. The lowest BCUT2D eigenvalue weighted by Gasteiger charge is -2.48. The van der Waals surface area contributed by atoms with Gasteiger partial charge < -0.3 is 29.2 Å². The van der Waals surface area contributed by atoms with Crippen LogP contribution >= 0.6 is 0 Å². The van der Waals surface area contributed by atoms with Gasteiger partial charge in [-0.2, -0.15) is 0 Å². The number of rotatable bonds is 4. The van der Waals surface area contributed by atoms with E-state index in [0.717, 1.165) is 41.3 Å². The van der Waals surface area contributed by atoms with Gasteiger partial charge in [0, 0.05) is 10.8 Å². The molecule has 10 nitrogen and oxygen atoms in total. The van der Waals surface area contributed by atoms with Crippen LogP contribution in [0.3, 0.4) is 0 Å². The topological polar surface area (TPSA) is 146 Å². The van der Waals surface area contributed by atoms with Crippen LogP contribution in [0.1, 0.15) is 38.5 Å². The zero-order valence-corrected chi connectivity index (χ0v) is 18.6. The molecule has 0 amide bonds. The Morgan fingerprint density at radius 1 is 0.656 bits per heavy atom. The molecule has 3 aliphatic carbocycles. The molecule has 0 aliphatic heterocycles. The van der Waals surface area contributed by atoms with Crippen LogP contribution in [0.2, 0.25) is 0 Å². The van der Waals surface area contributed by atoms with E-state index in [1.165, 1.54) is 0 Å². The minimum Gasteiger partial charge on any atom is -0.511 e. The first-order valence-corrected chi connectivity index (χ1v) is 10.4. The highest BCUT2D eigenvalue weighted by Crippen LogP contribution is 2.75. The first-order chi connectivity index (χ1) is 15.2. The van der Waals surface area contributed by atoms with Crippen LogP contribution in [0.5, 0.6) is 0 Å². The monoisotopic (exact) mass is 452 g/mol. The minimum atomic E-state index is -1.66. The van der Waals surface area contributed by atoms with Gasteiger partial charge in [0.1, 0.15) is 23.4 Å². The van der Waals surface area contributed by atoms with Crippen LogP contribution in [0.4, 0.5) is 0 Å². The molecule has 32 heavy (non-hydrogen) atoms. The summed E-state index contributed by atoms with van der Waals surface area (Å²) in [4.78, 5) is 52.1. The predicted molar refractivity (Wildman–Crippen MR) is 107 cm³/mol. The molecule has 0 aromatic rings. The van der Waals surface area contributed by atoms with Crippen LogP contribution in [0.25, 0.3) is 0 Å². The van der Waals surface area contributed by atoms with E-state index in [1.54, 1.807) is 0 Å². The molecule has 0 spiro atoms. The minimum absolute atomic E-state index is 0.110. The summed E-state index contributed by atoms with van der Waals surface area (Å²) in [5, 5.41) is 22.5. The van der Waals surface area contributed by atoms with E-state index in [1.807, 2.05) is 0 Å². The van der Waals surface area contributed by atoms with Gasteiger partial charge in [0.25, 0.3) is 0 Å². The summed E-state index contributed by atoms with van der Waals surface area (Å²) in [6.45, 7) is 0. The maximum Gasteiger partial charge on any atom is 0.337 e. The second kappa shape index (κ2) is 8.48. The highest BCUT2D eigenvalue weighted by molar-refractivity contribution is 6.03. The van der Waals surface area contributed by atoms with Crippen molar-refractivity contribution in [3.63, 3.8) is 0 Å². The van der Waals surface area contributed by atoms with Crippen molar-refractivity contribution < 1.29 is 48.3 Å². The maximum atomic E-state index is 13.0. The fourth-order valence-electron chi connectivity index (χ4n) is 6.25. The third-order valence-corrected chi connectivity index (χ3v) is 7.28. The Morgan fingerprint density at radius 2 is 1.00 bits per heavy atom. The highest BCUT2D eigenvalue weighted by Gasteiger charge is 2.79. The molecule has 0 heterocycles. The second-order valence-corrected chi connectivity index (χ2v) is 8.27. The number of carbonyl (C=O) groups is 4. The molecule has 10 heteroatoms. The number of aliphatic hydroxyl groups is 2. The summed E-state index contributed by atoms with van der Waals surface area (Å²) < 4.78 is 19.8. The molecule has 0 unspecified atom stereocenters. The molecule has 0 bridgehead atoms. The SMILES string of the molecule is COC(=O)C1=C(O)[C@H](C(=O)OC)[C@]23CCCCCC[C@]12[C@H](C(=O)OC)C(O)=C3C(=O)OC. The average molecular weight is 452 g/mol. The lowest BCUT2D eigenvalue weighted by atomic mass is 9.51. The van der Waals surface area contributed by atoms with E-state index in [2.05, 4.69) is 0 Å². The first-order valence-electron chi connectivity index (χ1n) is 10.4. The molecule has 1 saturated carbocycles. The number of hydrogen-bond acceptors (Lipinski definition) is 10. The third-order valence-electron chi connectivity index (χ3n) is 7.28. The average Bonchev–Trinajstić information content (AvgIpc) is 3.09. The molecule has 0 radical (unpaired) electrons. The van der Waals surface area contributed by atoms with Gasteiger partial charge in [0.05, 0.1) is 39.6 Å². The maximum absolute atomic E-state index is 13.0. The van der Waals surface area contributed by atoms with Crippen LogP contribution in [0, 0.1) is 22.7 Å². The predicted octanol–water partition coefficient (Wildman–Crippen LogP) is 1.89. The van der Waals surface area contributed by atoms with Gasteiger partial charge in [-0.1, -0.05) is 25.7 Å². The van der Waals surface area contributed by atoms with E-state index >= 15 is 0 Å². The van der Waals surface area contributed by atoms with E-state index in [4.69, 9.17) is 18.9 Å². The Balaban J connectivity index is 2.52. The van der Waals surface area contributed by atoms with Crippen molar-refractivity contribution >= 4 is 23.9 Å². The third kappa shape index (κ3) is 2.77. The largest absolute Gasteiger partial charge is 0.511 e. The van der Waals surface area contributed by atoms with Crippen molar-refractivity contribution in [3.8, 4) is 0 Å². The summed E-state index contributed by atoms with van der Waals surface area (Å²) in [5.41, 5.74) is -3.97. The van der Waals surface area contributed by atoms with Crippen molar-refractivity contribution in [1.29, 1.82) is 0 Å². The van der Waals surface area contributed by atoms with Gasteiger partial charge >= 0.3 is 23.9 Å². The first kappa shape index (κ1) is 23.6. The van der Waals surface area contributed by atoms with Gasteiger partial charge in [0.2, 0.25) is 0 Å². The van der Waals surface area contributed by atoms with Crippen molar-refractivity contribution in [2.24, 2.45) is 22.7 Å². The number of methoxy groups -OCH3 is 4. The summed E-state index contributed by atoms with van der Waals surface area (Å²) in [6.07, 6.45) is 2.71.